The van der Waals surface area contributed by atoms with Crippen LogP contribution in [0.4, 0.5) is 13.2 Å². The molecule has 21 heavy (non-hydrogen) atoms. The summed E-state index contributed by atoms with van der Waals surface area (Å²) in [5, 5.41) is 13.6. The number of hydrogen-bond donors (Lipinski definition) is 1. The quantitative estimate of drug-likeness (QED) is 0.916. The van der Waals surface area contributed by atoms with Gasteiger partial charge in [-0.3, -0.25) is 5.32 Å². The number of tetrazole rings is 1. The Morgan fingerprint density at radius 1 is 1.48 bits per heavy atom. The van der Waals surface area contributed by atoms with Crippen LogP contribution in [0.25, 0.3) is 0 Å². The molecule has 2 aromatic rings. The third-order valence-corrected chi connectivity index (χ3v) is 3.44. The highest BCUT2D eigenvalue weighted by Crippen LogP contribution is 2.43. The predicted octanol–water partition coefficient (Wildman–Crippen LogP) is 1.16. The molecule has 0 aromatic carbocycles. The Bertz CT molecular complexity index is 628. The van der Waals surface area contributed by atoms with Crippen LogP contribution >= 0.6 is 0 Å². The van der Waals surface area contributed by atoms with Crippen LogP contribution in [0.3, 0.4) is 0 Å². The molecule has 1 saturated heterocycles. The van der Waals surface area contributed by atoms with Crippen LogP contribution in [-0.2, 0) is 12.1 Å². The van der Waals surface area contributed by atoms with Crippen molar-refractivity contribution in [3.8, 4) is 0 Å². The van der Waals surface area contributed by atoms with Gasteiger partial charge in [-0.05, 0) is 24.6 Å². The lowest BCUT2D eigenvalue weighted by Gasteiger charge is -2.28. The Hall–Kier alpha value is -1.97. The molecule has 0 radical (unpaired) electrons. The molecule has 1 aliphatic rings. The Balaban J connectivity index is 1.86. The van der Waals surface area contributed by atoms with Crippen molar-refractivity contribution < 1.29 is 17.6 Å². The Morgan fingerprint density at radius 2 is 2.29 bits per heavy atom. The van der Waals surface area contributed by atoms with Crippen molar-refractivity contribution >= 4 is 0 Å². The van der Waals surface area contributed by atoms with Crippen LogP contribution in [0.5, 0.6) is 0 Å². The van der Waals surface area contributed by atoms with Gasteiger partial charge < -0.3 is 4.42 Å². The third-order valence-electron chi connectivity index (χ3n) is 3.44. The molecule has 114 valence electrons. The first-order chi connectivity index (χ1) is 9.91. The number of rotatable bonds is 3. The van der Waals surface area contributed by atoms with Crippen molar-refractivity contribution in [1.29, 1.82) is 0 Å². The van der Waals surface area contributed by atoms with Crippen molar-refractivity contribution in [2.45, 2.75) is 38.0 Å². The van der Waals surface area contributed by atoms with Gasteiger partial charge in [0, 0.05) is 6.92 Å². The van der Waals surface area contributed by atoms with E-state index in [9.17, 15) is 13.2 Å². The topological polar surface area (TPSA) is 81.7 Å². The van der Waals surface area contributed by atoms with Crippen LogP contribution in [0, 0.1) is 6.92 Å². The lowest BCUT2D eigenvalue weighted by atomic mass is 9.96. The largest absolute Gasteiger partial charge is 0.444 e. The molecule has 0 spiro atoms. The smallest absolute Gasteiger partial charge is 0.414 e. The van der Waals surface area contributed by atoms with E-state index in [0.29, 0.717) is 18.1 Å². The summed E-state index contributed by atoms with van der Waals surface area (Å²) in [6, 6.07) is 0. The molecule has 0 bridgehead atoms. The Labute approximate surface area is 117 Å². The molecule has 1 atom stereocenters. The molecule has 7 nitrogen and oxygen atoms in total. The van der Waals surface area contributed by atoms with E-state index in [-0.39, 0.29) is 25.3 Å². The number of oxazole rings is 1. The molecule has 1 unspecified atom stereocenters. The van der Waals surface area contributed by atoms with Crippen LogP contribution < -0.4 is 5.32 Å². The van der Waals surface area contributed by atoms with Gasteiger partial charge in [-0.25, -0.2) is 4.98 Å². The number of alkyl halides is 3. The summed E-state index contributed by atoms with van der Waals surface area (Å²) in [7, 11) is 0. The second-order valence-corrected chi connectivity index (χ2v) is 4.92. The molecule has 2 aromatic heterocycles. The number of nitrogens with one attached hydrogen (secondary N) is 1. The Morgan fingerprint density at radius 3 is 2.86 bits per heavy atom. The van der Waals surface area contributed by atoms with E-state index in [0.717, 1.165) is 4.80 Å². The number of halogens is 3. The van der Waals surface area contributed by atoms with E-state index in [1.165, 1.54) is 6.20 Å². The summed E-state index contributed by atoms with van der Waals surface area (Å²) >= 11 is 0. The van der Waals surface area contributed by atoms with Gasteiger partial charge in [0.05, 0.1) is 6.20 Å². The third kappa shape index (κ3) is 2.39. The monoisotopic (exact) mass is 302 g/mol. The molecule has 3 rings (SSSR count). The summed E-state index contributed by atoms with van der Waals surface area (Å²) in [4.78, 5) is 4.97. The van der Waals surface area contributed by atoms with E-state index < -0.39 is 11.7 Å². The van der Waals surface area contributed by atoms with Gasteiger partial charge in [-0.1, -0.05) is 0 Å². The van der Waals surface area contributed by atoms with Crippen molar-refractivity contribution in [2.75, 3.05) is 6.54 Å². The fraction of sp³-hybridized carbons (Fsp3) is 0.636. The van der Waals surface area contributed by atoms with Gasteiger partial charge in [0.1, 0.15) is 12.3 Å². The normalized spacial score (nSPS) is 22.9. The summed E-state index contributed by atoms with van der Waals surface area (Å²) in [5.41, 5.74) is -2.21. The predicted molar refractivity (Wildman–Crippen MR) is 63.1 cm³/mol. The summed E-state index contributed by atoms with van der Waals surface area (Å²) in [5.74, 6) is 0.565. The van der Waals surface area contributed by atoms with Crippen molar-refractivity contribution in [3.63, 3.8) is 0 Å². The maximum absolute atomic E-state index is 13.3. The van der Waals surface area contributed by atoms with Gasteiger partial charge in [0.15, 0.2) is 11.4 Å². The number of aryl methyl sites for hydroxylation is 1. The maximum atomic E-state index is 13.3. The zero-order valence-corrected chi connectivity index (χ0v) is 11.2. The van der Waals surface area contributed by atoms with Gasteiger partial charge in [-0.2, -0.15) is 18.0 Å². The van der Waals surface area contributed by atoms with E-state index in [1.54, 1.807) is 6.92 Å². The average Bonchev–Trinajstić information content (AvgIpc) is 3.09. The molecule has 1 fully saturated rings. The summed E-state index contributed by atoms with van der Waals surface area (Å²) in [6.45, 7) is 2.03. The van der Waals surface area contributed by atoms with Gasteiger partial charge in [0.25, 0.3) is 0 Å². The van der Waals surface area contributed by atoms with Crippen LogP contribution in [0.2, 0.25) is 0 Å². The fourth-order valence-corrected chi connectivity index (χ4v) is 2.40. The molecular formula is C11H13F3N6O. The van der Waals surface area contributed by atoms with Crippen molar-refractivity contribution in [1.82, 2.24) is 30.5 Å². The number of aromatic nitrogens is 5. The number of hydrogen-bond acceptors (Lipinski definition) is 6. The molecular weight excluding hydrogens is 289 g/mol. The minimum absolute atomic E-state index is 0.0851. The Kier molecular flexibility index (Phi) is 3.19. The molecule has 1 N–H and O–H groups in total. The molecule has 1 aliphatic heterocycles. The van der Waals surface area contributed by atoms with Gasteiger partial charge >= 0.3 is 6.18 Å². The lowest BCUT2D eigenvalue weighted by Crippen LogP contribution is -2.50. The minimum Gasteiger partial charge on any atom is -0.444 e. The van der Waals surface area contributed by atoms with Gasteiger partial charge in [-0.15, -0.1) is 10.2 Å². The van der Waals surface area contributed by atoms with Crippen molar-refractivity contribution in [3.05, 3.63) is 23.7 Å². The standard InChI is InChI=1S/C11H13F3N6O/c1-7-15-5-8(21-7)6-20-18-9(17-19-20)10(11(12,13)14)3-2-4-16-10/h5,16H,2-4,6H2,1H3. The van der Waals surface area contributed by atoms with E-state index >= 15 is 0 Å². The lowest BCUT2D eigenvalue weighted by molar-refractivity contribution is -0.198. The summed E-state index contributed by atoms with van der Waals surface area (Å²) in [6.07, 6.45) is -2.68. The first-order valence-corrected chi connectivity index (χ1v) is 6.42. The van der Waals surface area contributed by atoms with E-state index in [1.807, 2.05) is 0 Å². The van der Waals surface area contributed by atoms with Gasteiger partial charge in [0.2, 0.25) is 5.82 Å². The minimum atomic E-state index is -4.47. The zero-order chi connectivity index (χ0) is 15.1. The second-order valence-electron chi connectivity index (χ2n) is 4.92. The summed E-state index contributed by atoms with van der Waals surface area (Å²) < 4.78 is 45.2. The molecule has 3 heterocycles. The zero-order valence-electron chi connectivity index (χ0n) is 11.2. The van der Waals surface area contributed by atoms with Crippen LogP contribution in [-0.4, -0.2) is 37.9 Å². The average molecular weight is 302 g/mol. The number of nitrogens with zero attached hydrogens (tertiary/aromatic N) is 5. The first kappa shape index (κ1) is 14.0. The maximum Gasteiger partial charge on any atom is 0.414 e. The van der Waals surface area contributed by atoms with Crippen LogP contribution in [0.15, 0.2) is 10.6 Å². The van der Waals surface area contributed by atoms with Crippen LogP contribution in [0.1, 0.15) is 30.3 Å². The highest BCUT2D eigenvalue weighted by Gasteiger charge is 2.60. The van der Waals surface area contributed by atoms with E-state index in [4.69, 9.17) is 4.42 Å². The first-order valence-electron chi connectivity index (χ1n) is 6.42. The molecule has 0 aliphatic carbocycles. The highest BCUT2D eigenvalue weighted by atomic mass is 19.4. The van der Waals surface area contributed by atoms with E-state index in [2.05, 4.69) is 25.7 Å². The molecule has 10 heteroatoms. The molecule has 0 saturated carbocycles. The SMILES string of the molecule is Cc1ncc(Cn2nnc(C3(C(F)(F)F)CCCN3)n2)o1. The fourth-order valence-electron chi connectivity index (χ4n) is 2.40. The molecule has 0 amide bonds. The highest BCUT2D eigenvalue weighted by molar-refractivity contribution is 5.11. The van der Waals surface area contributed by atoms with Crippen molar-refractivity contribution in [2.24, 2.45) is 0 Å². The second kappa shape index (κ2) is 4.79.